The van der Waals surface area contributed by atoms with Crippen LogP contribution in [0, 0.1) is 0 Å². The van der Waals surface area contributed by atoms with Gasteiger partial charge in [0.1, 0.15) is 0 Å². The number of carbonyl (C=O) groups excluding carboxylic acids is 1. The van der Waals surface area contributed by atoms with Crippen LogP contribution in [0.1, 0.15) is 11.1 Å². The van der Waals surface area contributed by atoms with Crippen LogP contribution in [0.3, 0.4) is 0 Å². The summed E-state index contributed by atoms with van der Waals surface area (Å²) in [5.41, 5.74) is -4.00. The van der Waals surface area contributed by atoms with Gasteiger partial charge in [0.05, 0.1) is 26.9 Å². The van der Waals surface area contributed by atoms with Crippen LogP contribution in [-0.2, 0) is 12.4 Å². The van der Waals surface area contributed by atoms with Crippen molar-refractivity contribution >= 4 is 52.2 Å². The Morgan fingerprint density at radius 3 is 1.59 bits per heavy atom. The Bertz CT molecular complexity index is 828. The quantitative estimate of drug-likeness (QED) is 0.461. The van der Waals surface area contributed by atoms with Crippen molar-refractivity contribution in [2.45, 2.75) is 12.4 Å². The summed E-state index contributed by atoms with van der Waals surface area (Å²) in [6, 6.07) is 1.97. The number of benzene rings is 2. The average Bonchev–Trinajstić information content (AvgIpc) is 2.48. The first-order valence-electron chi connectivity index (χ1n) is 6.79. The van der Waals surface area contributed by atoms with Crippen LogP contribution in [0.15, 0.2) is 30.3 Å². The Balaban J connectivity index is 2.32. The number of urea groups is 1. The van der Waals surface area contributed by atoms with Crippen LogP contribution >= 0.6 is 34.8 Å². The van der Waals surface area contributed by atoms with Crippen LogP contribution in [-0.4, -0.2) is 6.03 Å². The van der Waals surface area contributed by atoms with Gasteiger partial charge in [0.2, 0.25) is 0 Å². The summed E-state index contributed by atoms with van der Waals surface area (Å²) >= 11 is 17.4. The summed E-state index contributed by atoms with van der Waals surface area (Å²) in [5, 5.41) is 4.01. The number of nitrogens with one attached hydrogen (secondary N) is 2. The molecular weight excluding hydrogens is 445 g/mol. The van der Waals surface area contributed by atoms with E-state index >= 15 is 0 Å². The van der Waals surface area contributed by atoms with Crippen molar-refractivity contribution in [3.8, 4) is 0 Å². The molecule has 0 unspecified atom stereocenters. The normalized spacial score (nSPS) is 12.0. The highest BCUT2D eigenvalue weighted by molar-refractivity contribution is 6.42. The largest absolute Gasteiger partial charge is 0.416 e. The molecule has 0 aliphatic rings. The molecule has 2 aromatic rings. The first-order valence-corrected chi connectivity index (χ1v) is 7.93. The third kappa shape index (κ3) is 5.57. The van der Waals surface area contributed by atoms with Gasteiger partial charge in [-0.05, 0) is 30.3 Å². The van der Waals surface area contributed by atoms with Gasteiger partial charge in [0.25, 0.3) is 0 Å². The average molecular weight is 452 g/mol. The van der Waals surface area contributed by atoms with E-state index in [9.17, 15) is 31.1 Å². The van der Waals surface area contributed by atoms with Crippen molar-refractivity contribution in [1.29, 1.82) is 0 Å². The van der Waals surface area contributed by atoms with Crippen molar-refractivity contribution < 1.29 is 31.1 Å². The number of halogens is 9. The van der Waals surface area contributed by atoms with E-state index in [-0.39, 0.29) is 26.8 Å². The standard InChI is InChI=1S/C15H7Cl3F6N2O/c16-8-4-10(17)12(11(18)5-8)26-13(27)25-9-2-6(14(19,20)21)1-7(3-9)15(22,23)24/h1-5H,(H2,25,26,27). The second kappa shape index (κ2) is 7.65. The third-order valence-electron chi connectivity index (χ3n) is 3.09. The highest BCUT2D eigenvalue weighted by Gasteiger charge is 2.37. The molecule has 0 spiro atoms. The SMILES string of the molecule is O=C(Nc1cc(C(F)(F)F)cc(C(F)(F)F)c1)Nc1c(Cl)cc(Cl)cc1Cl. The maximum atomic E-state index is 12.8. The Hall–Kier alpha value is -1.84. The molecule has 0 atom stereocenters. The van der Waals surface area contributed by atoms with E-state index in [0.717, 1.165) is 0 Å². The molecule has 0 saturated carbocycles. The molecule has 12 heteroatoms. The van der Waals surface area contributed by atoms with Crippen LogP contribution in [0.4, 0.5) is 42.5 Å². The molecule has 2 aromatic carbocycles. The van der Waals surface area contributed by atoms with Gasteiger partial charge in [0, 0.05) is 10.7 Å². The van der Waals surface area contributed by atoms with Crippen molar-refractivity contribution in [2.75, 3.05) is 10.6 Å². The van der Waals surface area contributed by atoms with E-state index in [1.165, 1.54) is 12.1 Å². The molecule has 0 aromatic heterocycles. The molecular formula is C15H7Cl3F6N2O. The second-order valence-corrected chi connectivity index (χ2v) is 6.37. The predicted octanol–water partition coefficient (Wildman–Crippen LogP) is 7.33. The first kappa shape index (κ1) is 21.5. The van der Waals surface area contributed by atoms with Crippen LogP contribution < -0.4 is 10.6 Å². The van der Waals surface area contributed by atoms with Gasteiger partial charge in [-0.2, -0.15) is 26.3 Å². The smallest absolute Gasteiger partial charge is 0.308 e. The molecule has 0 radical (unpaired) electrons. The highest BCUT2D eigenvalue weighted by atomic mass is 35.5. The Kier molecular flexibility index (Phi) is 6.08. The monoisotopic (exact) mass is 450 g/mol. The molecule has 0 aliphatic heterocycles. The molecule has 2 rings (SSSR count). The fourth-order valence-electron chi connectivity index (χ4n) is 1.96. The van der Waals surface area contributed by atoms with E-state index in [2.05, 4.69) is 5.32 Å². The van der Waals surface area contributed by atoms with Gasteiger partial charge in [-0.3, -0.25) is 0 Å². The molecule has 146 valence electrons. The lowest BCUT2D eigenvalue weighted by atomic mass is 10.1. The summed E-state index contributed by atoms with van der Waals surface area (Å²) in [4.78, 5) is 12.0. The predicted molar refractivity (Wildman–Crippen MR) is 90.6 cm³/mol. The number of carbonyl (C=O) groups is 1. The van der Waals surface area contributed by atoms with Crippen molar-refractivity contribution in [2.24, 2.45) is 0 Å². The van der Waals surface area contributed by atoms with E-state index in [4.69, 9.17) is 34.8 Å². The van der Waals surface area contributed by atoms with E-state index in [1.54, 1.807) is 0 Å². The lowest BCUT2D eigenvalue weighted by molar-refractivity contribution is -0.143. The lowest BCUT2D eigenvalue weighted by Gasteiger charge is -2.15. The minimum atomic E-state index is -5.04. The van der Waals surface area contributed by atoms with Gasteiger partial charge in [0.15, 0.2) is 0 Å². The molecule has 3 nitrogen and oxygen atoms in total. The summed E-state index contributed by atoms with van der Waals surface area (Å²) in [6.07, 6.45) is -10.1. The Morgan fingerprint density at radius 2 is 1.19 bits per heavy atom. The molecule has 2 N–H and O–H groups in total. The number of alkyl halides is 6. The number of amides is 2. The van der Waals surface area contributed by atoms with Crippen LogP contribution in [0.25, 0.3) is 0 Å². The first-order chi connectivity index (χ1) is 12.3. The molecule has 2 amide bonds. The molecule has 0 bridgehead atoms. The van der Waals surface area contributed by atoms with Gasteiger partial charge in [-0.15, -0.1) is 0 Å². The molecule has 27 heavy (non-hydrogen) atoms. The van der Waals surface area contributed by atoms with E-state index in [0.29, 0.717) is 12.1 Å². The van der Waals surface area contributed by atoms with Crippen LogP contribution in [0.5, 0.6) is 0 Å². The molecule has 0 saturated heterocycles. The summed E-state index contributed by atoms with van der Waals surface area (Å²) < 4.78 is 76.9. The van der Waals surface area contributed by atoms with Gasteiger partial charge >= 0.3 is 18.4 Å². The summed E-state index contributed by atoms with van der Waals surface area (Å²) in [5.74, 6) is 0. The minimum Gasteiger partial charge on any atom is -0.308 e. The second-order valence-electron chi connectivity index (χ2n) is 5.12. The number of anilines is 2. The summed E-state index contributed by atoms with van der Waals surface area (Å²) in [6.45, 7) is 0. The third-order valence-corrected chi connectivity index (χ3v) is 3.91. The Morgan fingerprint density at radius 1 is 0.741 bits per heavy atom. The van der Waals surface area contributed by atoms with E-state index < -0.39 is 35.2 Å². The summed E-state index contributed by atoms with van der Waals surface area (Å²) in [7, 11) is 0. The maximum Gasteiger partial charge on any atom is 0.416 e. The van der Waals surface area contributed by atoms with Gasteiger partial charge in [-0.25, -0.2) is 4.79 Å². The molecule has 0 fully saturated rings. The number of rotatable bonds is 2. The zero-order chi connectivity index (χ0) is 20.6. The van der Waals surface area contributed by atoms with Gasteiger partial charge < -0.3 is 10.6 Å². The van der Waals surface area contributed by atoms with E-state index in [1.807, 2.05) is 5.32 Å². The Labute approximate surface area is 163 Å². The topological polar surface area (TPSA) is 41.1 Å². The van der Waals surface area contributed by atoms with Crippen molar-refractivity contribution in [1.82, 2.24) is 0 Å². The lowest BCUT2D eigenvalue weighted by Crippen LogP contribution is -2.21. The molecule has 0 heterocycles. The van der Waals surface area contributed by atoms with Crippen molar-refractivity contribution in [3.05, 3.63) is 56.5 Å². The fraction of sp³-hybridized carbons (Fsp3) is 0.133. The molecule has 0 aliphatic carbocycles. The zero-order valence-corrected chi connectivity index (χ0v) is 15.0. The number of hydrogen-bond donors (Lipinski definition) is 2. The number of hydrogen-bond acceptors (Lipinski definition) is 1. The van der Waals surface area contributed by atoms with Crippen molar-refractivity contribution in [3.63, 3.8) is 0 Å². The zero-order valence-electron chi connectivity index (χ0n) is 12.7. The highest BCUT2D eigenvalue weighted by Crippen LogP contribution is 2.38. The fourth-order valence-corrected chi connectivity index (χ4v) is 2.88. The minimum absolute atomic E-state index is 0.0595. The van der Waals surface area contributed by atoms with Gasteiger partial charge in [-0.1, -0.05) is 34.8 Å². The van der Waals surface area contributed by atoms with Crippen LogP contribution in [0.2, 0.25) is 15.1 Å². The maximum absolute atomic E-state index is 12.8.